The molecule has 0 aliphatic carbocycles. The molecule has 0 bridgehead atoms. The normalized spacial score (nSPS) is 16.1. The van der Waals surface area contributed by atoms with Crippen LogP contribution < -0.4 is 10.2 Å². The van der Waals surface area contributed by atoms with Gasteiger partial charge >= 0.3 is 0 Å². The van der Waals surface area contributed by atoms with E-state index >= 15 is 0 Å². The molecule has 19 heavy (non-hydrogen) atoms. The molecule has 0 saturated heterocycles. The first-order chi connectivity index (χ1) is 9.09. The Bertz CT molecular complexity index is 442. The zero-order valence-corrected chi connectivity index (χ0v) is 12.1. The van der Waals surface area contributed by atoms with Gasteiger partial charge in [-0.25, -0.2) is 0 Å². The van der Waals surface area contributed by atoms with Crippen molar-refractivity contribution in [2.24, 2.45) is 5.92 Å². The average Bonchev–Trinajstić information content (AvgIpc) is 2.43. The maximum Gasteiger partial charge on any atom is 0.242 e. The topological polar surface area (TPSA) is 32.3 Å². The fourth-order valence-corrected chi connectivity index (χ4v) is 2.56. The minimum Gasteiger partial charge on any atom is -0.360 e. The largest absolute Gasteiger partial charge is 0.360 e. The first kappa shape index (κ1) is 13.9. The van der Waals surface area contributed by atoms with Crippen molar-refractivity contribution in [2.75, 3.05) is 18.0 Å². The number of nitrogens with one attached hydrogen (secondary N) is 1. The van der Waals surface area contributed by atoms with E-state index in [1.165, 1.54) is 11.3 Å². The molecule has 1 amide bonds. The van der Waals surface area contributed by atoms with E-state index in [1.807, 2.05) is 6.92 Å². The van der Waals surface area contributed by atoms with Gasteiger partial charge in [0.2, 0.25) is 5.91 Å². The summed E-state index contributed by atoms with van der Waals surface area (Å²) in [6.45, 7) is 7.94. The number of rotatable bonds is 4. The monoisotopic (exact) mass is 260 g/mol. The molecule has 3 nitrogen and oxygen atoms in total. The fourth-order valence-electron chi connectivity index (χ4n) is 2.56. The number of nitrogens with zero attached hydrogens (tertiary/aromatic N) is 1. The Hall–Kier alpha value is -1.51. The highest BCUT2D eigenvalue weighted by molar-refractivity contribution is 5.85. The smallest absolute Gasteiger partial charge is 0.242 e. The van der Waals surface area contributed by atoms with Crippen molar-refractivity contribution in [1.82, 2.24) is 5.32 Å². The molecule has 1 atom stereocenters. The quantitative estimate of drug-likeness (QED) is 0.902. The van der Waals surface area contributed by atoms with E-state index in [2.05, 4.69) is 48.3 Å². The number of fused-ring (bicyclic) bond motifs is 1. The van der Waals surface area contributed by atoms with Crippen LogP contribution in [0.4, 0.5) is 5.69 Å². The van der Waals surface area contributed by atoms with Crippen LogP contribution in [0.15, 0.2) is 24.3 Å². The molecule has 0 saturated carbocycles. The summed E-state index contributed by atoms with van der Waals surface area (Å²) < 4.78 is 0. The third-order valence-electron chi connectivity index (χ3n) is 3.68. The summed E-state index contributed by atoms with van der Waals surface area (Å²) in [5, 5.41) is 3.03. The molecule has 1 aliphatic rings. The predicted octanol–water partition coefficient (Wildman–Crippen LogP) is 2.60. The Kier molecular flexibility index (Phi) is 4.46. The Morgan fingerprint density at radius 1 is 1.32 bits per heavy atom. The van der Waals surface area contributed by atoms with Gasteiger partial charge in [0.25, 0.3) is 0 Å². The highest BCUT2D eigenvalue weighted by atomic mass is 16.2. The summed E-state index contributed by atoms with van der Waals surface area (Å²) in [4.78, 5) is 14.4. The van der Waals surface area contributed by atoms with Crippen LogP contribution in [0, 0.1) is 5.92 Å². The highest BCUT2D eigenvalue weighted by Gasteiger charge is 2.25. The summed E-state index contributed by atoms with van der Waals surface area (Å²) in [7, 11) is 0. The van der Waals surface area contributed by atoms with Crippen molar-refractivity contribution in [2.45, 2.75) is 39.7 Å². The molecule has 0 aromatic heterocycles. The van der Waals surface area contributed by atoms with Crippen LogP contribution in [0.2, 0.25) is 0 Å². The van der Waals surface area contributed by atoms with Crippen LogP contribution in [-0.2, 0) is 11.2 Å². The van der Waals surface area contributed by atoms with E-state index in [-0.39, 0.29) is 11.9 Å². The van der Waals surface area contributed by atoms with Gasteiger partial charge in [0.05, 0.1) is 0 Å². The molecule has 1 N–H and O–H groups in total. The number of anilines is 1. The van der Waals surface area contributed by atoms with Crippen molar-refractivity contribution < 1.29 is 4.79 Å². The van der Waals surface area contributed by atoms with Gasteiger partial charge in [0.1, 0.15) is 6.04 Å². The molecular formula is C16H24N2O. The first-order valence-corrected chi connectivity index (χ1v) is 7.22. The van der Waals surface area contributed by atoms with Gasteiger partial charge in [0, 0.05) is 18.8 Å². The van der Waals surface area contributed by atoms with Crippen LogP contribution in [-0.4, -0.2) is 25.0 Å². The molecule has 3 heteroatoms. The molecule has 2 rings (SSSR count). The zero-order chi connectivity index (χ0) is 13.8. The molecule has 1 unspecified atom stereocenters. The molecule has 0 spiro atoms. The summed E-state index contributed by atoms with van der Waals surface area (Å²) >= 11 is 0. The van der Waals surface area contributed by atoms with Gasteiger partial charge in [-0.2, -0.15) is 0 Å². The van der Waals surface area contributed by atoms with Gasteiger partial charge in [0.15, 0.2) is 0 Å². The molecule has 0 fully saturated rings. The summed E-state index contributed by atoms with van der Waals surface area (Å²) in [5.41, 5.74) is 2.58. The summed E-state index contributed by atoms with van der Waals surface area (Å²) in [5.74, 6) is 0.621. The molecular weight excluding hydrogens is 236 g/mol. The number of hydrogen-bond acceptors (Lipinski definition) is 2. The van der Waals surface area contributed by atoms with Crippen molar-refractivity contribution in [3.8, 4) is 0 Å². The van der Waals surface area contributed by atoms with Crippen molar-refractivity contribution in [3.05, 3.63) is 29.8 Å². The number of carbonyl (C=O) groups excluding carboxylic acids is 1. The Morgan fingerprint density at radius 2 is 2.05 bits per heavy atom. The van der Waals surface area contributed by atoms with Crippen LogP contribution in [0.25, 0.3) is 0 Å². The van der Waals surface area contributed by atoms with E-state index in [0.29, 0.717) is 5.92 Å². The first-order valence-electron chi connectivity index (χ1n) is 7.22. The van der Waals surface area contributed by atoms with Gasteiger partial charge in [-0.1, -0.05) is 32.0 Å². The number of amides is 1. The maximum absolute atomic E-state index is 12.2. The molecule has 1 heterocycles. The molecule has 104 valence electrons. The van der Waals surface area contributed by atoms with Gasteiger partial charge in [-0.05, 0) is 37.3 Å². The van der Waals surface area contributed by atoms with Gasteiger partial charge < -0.3 is 10.2 Å². The minimum atomic E-state index is -0.0970. The lowest BCUT2D eigenvalue weighted by Gasteiger charge is -2.35. The minimum absolute atomic E-state index is 0.0970. The summed E-state index contributed by atoms with van der Waals surface area (Å²) in [6.07, 6.45) is 2.24. The molecule has 1 aromatic rings. The van der Waals surface area contributed by atoms with E-state index in [0.717, 1.165) is 25.9 Å². The van der Waals surface area contributed by atoms with Crippen LogP contribution in [0.1, 0.15) is 32.8 Å². The maximum atomic E-state index is 12.2. The number of aryl methyl sites for hydroxylation is 1. The van der Waals surface area contributed by atoms with Crippen LogP contribution in [0.3, 0.4) is 0 Å². The second kappa shape index (κ2) is 6.09. The van der Waals surface area contributed by atoms with Gasteiger partial charge in [-0.15, -0.1) is 0 Å². The highest BCUT2D eigenvalue weighted by Crippen LogP contribution is 2.28. The number of para-hydroxylation sites is 1. The lowest BCUT2D eigenvalue weighted by molar-refractivity contribution is -0.122. The third kappa shape index (κ3) is 3.28. The molecule has 1 aromatic carbocycles. The molecule has 1 aliphatic heterocycles. The second-order valence-electron chi connectivity index (χ2n) is 5.74. The van der Waals surface area contributed by atoms with E-state index in [4.69, 9.17) is 0 Å². The Labute approximate surface area is 116 Å². The fraction of sp³-hybridized carbons (Fsp3) is 0.562. The third-order valence-corrected chi connectivity index (χ3v) is 3.68. The van der Waals surface area contributed by atoms with Crippen LogP contribution >= 0.6 is 0 Å². The predicted molar refractivity (Wildman–Crippen MR) is 79.4 cm³/mol. The average molecular weight is 260 g/mol. The zero-order valence-electron chi connectivity index (χ0n) is 12.1. The lowest BCUT2D eigenvalue weighted by Crippen LogP contribution is -2.47. The van der Waals surface area contributed by atoms with E-state index in [9.17, 15) is 4.79 Å². The van der Waals surface area contributed by atoms with E-state index < -0.39 is 0 Å². The van der Waals surface area contributed by atoms with Crippen LogP contribution in [0.5, 0.6) is 0 Å². The van der Waals surface area contributed by atoms with Gasteiger partial charge in [-0.3, -0.25) is 4.79 Å². The standard InChI is InChI=1S/C16H24N2O/c1-12(2)11-17-16(19)13(3)18-10-6-8-14-7-4-5-9-15(14)18/h4-5,7,9,12-13H,6,8,10-11H2,1-3H3,(H,17,19). The number of hydrogen-bond donors (Lipinski definition) is 1. The molecule has 0 radical (unpaired) electrons. The van der Waals surface area contributed by atoms with Crippen molar-refractivity contribution >= 4 is 11.6 Å². The Morgan fingerprint density at radius 3 is 2.79 bits per heavy atom. The number of benzene rings is 1. The van der Waals surface area contributed by atoms with Crippen molar-refractivity contribution in [3.63, 3.8) is 0 Å². The second-order valence-corrected chi connectivity index (χ2v) is 5.74. The Balaban J connectivity index is 2.08. The number of carbonyl (C=O) groups is 1. The van der Waals surface area contributed by atoms with Crippen molar-refractivity contribution in [1.29, 1.82) is 0 Å². The van der Waals surface area contributed by atoms with E-state index in [1.54, 1.807) is 0 Å². The lowest BCUT2D eigenvalue weighted by atomic mass is 10.00. The summed E-state index contributed by atoms with van der Waals surface area (Å²) in [6, 6.07) is 8.32. The SMILES string of the molecule is CC(C)CNC(=O)C(C)N1CCCc2ccccc21.